The lowest BCUT2D eigenvalue weighted by atomic mass is 9.73. The monoisotopic (exact) mass is 482 g/mol. The first-order valence-electron chi connectivity index (χ1n) is 12.1. The number of hydrogen-bond acceptors (Lipinski definition) is 7. The summed E-state index contributed by atoms with van der Waals surface area (Å²) in [6.45, 7) is 1.75. The quantitative estimate of drug-likeness (QED) is 0.448. The van der Waals surface area contributed by atoms with Gasteiger partial charge in [-0.3, -0.25) is 14.6 Å². The molecule has 0 atom stereocenters. The number of amides is 2. The fourth-order valence-electron chi connectivity index (χ4n) is 5.32. The Balaban J connectivity index is 1.21. The molecule has 6 rings (SSSR count). The van der Waals surface area contributed by atoms with Crippen molar-refractivity contribution in [1.29, 1.82) is 0 Å². The summed E-state index contributed by atoms with van der Waals surface area (Å²) < 4.78 is 1.70. The minimum Gasteiger partial charge on any atom is -0.355 e. The second-order valence-corrected chi connectivity index (χ2v) is 9.26. The molecule has 5 heterocycles. The van der Waals surface area contributed by atoms with E-state index >= 15 is 0 Å². The number of nitrogens with zero attached hydrogens (tertiary/aromatic N) is 6. The van der Waals surface area contributed by atoms with Crippen molar-refractivity contribution in [3.8, 4) is 0 Å². The molecule has 10 nitrogen and oxygen atoms in total. The number of aryl methyl sites for hydroxylation is 1. The first-order chi connectivity index (χ1) is 17.6. The minimum absolute atomic E-state index is 0.0682. The molecule has 3 aromatic heterocycles. The third-order valence-corrected chi connectivity index (χ3v) is 7.27. The van der Waals surface area contributed by atoms with Crippen molar-refractivity contribution in [2.45, 2.75) is 24.7 Å². The van der Waals surface area contributed by atoms with E-state index in [2.05, 4.69) is 35.5 Å². The third-order valence-electron chi connectivity index (χ3n) is 7.27. The zero-order chi connectivity index (χ0) is 24.7. The van der Waals surface area contributed by atoms with Crippen LogP contribution in [0.2, 0.25) is 0 Å². The van der Waals surface area contributed by atoms with Gasteiger partial charge in [0.25, 0.3) is 5.91 Å². The Hall–Kier alpha value is -4.34. The molecule has 0 saturated carbocycles. The minimum atomic E-state index is -0.512. The number of fused-ring (bicyclic) bond motifs is 3. The van der Waals surface area contributed by atoms with Crippen LogP contribution in [-0.4, -0.2) is 56.0 Å². The number of aromatic nitrogens is 5. The molecule has 182 valence electrons. The van der Waals surface area contributed by atoms with Crippen LogP contribution in [0.15, 0.2) is 55.0 Å². The van der Waals surface area contributed by atoms with Gasteiger partial charge in [0.2, 0.25) is 11.7 Å². The highest BCUT2D eigenvalue weighted by atomic mass is 16.2. The van der Waals surface area contributed by atoms with Gasteiger partial charge in [-0.05, 0) is 36.6 Å². The van der Waals surface area contributed by atoms with Crippen LogP contribution in [0.4, 0.5) is 11.5 Å². The Labute approximate surface area is 207 Å². The van der Waals surface area contributed by atoms with Crippen molar-refractivity contribution < 1.29 is 9.59 Å². The van der Waals surface area contributed by atoms with E-state index in [1.165, 1.54) is 6.33 Å². The van der Waals surface area contributed by atoms with Gasteiger partial charge in [-0.25, -0.2) is 15.0 Å². The molecule has 36 heavy (non-hydrogen) atoms. The summed E-state index contributed by atoms with van der Waals surface area (Å²) in [7, 11) is 1.78. The molecule has 1 spiro atoms. The van der Waals surface area contributed by atoms with E-state index in [1.807, 2.05) is 42.5 Å². The maximum Gasteiger partial charge on any atom is 0.287 e. The molecule has 2 aliphatic heterocycles. The predicted molar refractivity (Wildman–Crippen MR) is 135 cm³/mol. The van der Waals surface area contributed by atoms with E-state index in [0.29, 0.717) is 55.9 Å². The van der Waals surface area contributed by atoms with Gasteiger partial charge in [0, 0.05) is 50.7 Å². The van der Waals surface area contributed by atoms with Crippen LogP contribution in [0.25, 0.3) is 11.2 Å². The van der Waals surface area contributed by atoms with E-state index < -0.39 is 5.41 Å². The number of anilines is 2. The lowest BCUT2D eigenvalue weighted by Gasteiger charge is -2.38. The maximum atomic E-state index is 12.9. The van der Waals surface area contributed by atoms with Gasteiger partial charge in [-0.15, -0.1) is 0 Å². The number of rotatable bonds is 5. The van der Waals surface area contributed by atoms with Crippen molar-refractivity contribution in [2.24, 2.45) is 7.05 Å². The number of nitrogens with one attached hydrogen (secondary N) is 2. The molecule has 0 radical (unpaired) electrons. The first kappa shape index (κ1) is 22.1. The Bertz CT molecular complexity index is 1460. The maximum absolute atomic E-state index is 12.9. The fraction of sp³-hybridized carbons (Fsp3) is 0.308. The van der Waals surface area contributed by atoms with Gasteiger partial charge in [-0.2, -0.15) is 0 Å². The van der Waals surface area contributed by atoms with E-state index in [1.54, 1.807) is 17.8 Å². The first-order valence-corrected chi connectivity index (χ1v) is 12.1. The molecule has 0 unspecified atom stereocenters. The smallest absolute Gasteiger partial charge is 0.287 e. The van der Waals surface area contributed by atoms with Gasteiger partial charge >= 0.3 is 0 Å². The normalized spacial score (nSPS) is 16.2. The molecule has 2 N–H and O–H groups in total. The summed E-state index contributed by atoms with van der Waals surface area (Å²) in [5.74, 6) is 0.767. The van der Waals surface area contributed by atoms with Crippen molar-refractivity contribution >= 4 is 34.5 Å². The lowest BCUT2D eigenvalue weighted by molar-refractivity contribution is -0.121. The topological polar surface area (TPSA) is 118 Å². The average molecular weight is 483 g/mol. The van der Waals surface area contributed by atoms with Crippen LogP contribution in [0.3, 0.4) is 0 Å². The number of benzene rings is 1. The zero-order valence-electron chi connectivity index (χ0n) is 19.9. The molecular weight excluding hydrogens is 456 g/mol. The summed E-state index contributed by atoms with van der Waals surface area (Å²) in [6.07, 6.45) is 5.23. The van der Waals surface area contributed by atoms with Crippen LogP contribution in [0.5, 0.6) is 0 Å². The number of para-hydroxylation sites is 1. The zero-order valence-corrected chi connectivity index (χ0v) is 19.9. The Morgan fingerprint density at radius 2 is 1.89 bits per heavy atom. The Kier molecular flexibility index (Phi) is 5.36. The number of piperidine rings is 1. The molecule has 2 amide bonds. The van der Waals surface area contributed by atoms with Crippen LogP contribution in [0.1, 0.15) is 34.7 Å². The predicted octanol–water partition coefficient (Wildman–Crippen LogP) is 2.22. The van der Waals surface area contributed by atoms with E-state index in [-0.39, 0.29) is 17.6 Å². The highest BCUT2D eigenvalue weighted by molar-refractivity contribution is 6.06. The van der Waals surface area contributed by atoms with Crippen molar-refractivity contribution in [1.82, 2.24) is 29.8 Å². The van der Waals surface area contributed by atoms with Crippen LogP contribution < -0.4 is 15.5 Å². The Morgan fingerprint density at radius 1 is 1.08 bits per heavy atom. The Morgan fingerprint density at radius 3 is 2.69 bits per heavy atom. The summed E-state index contributed by atoms with van der Waals surface area (Å²) in [6, 6.07) is 13.7. The van der Waals surface area contributed by atoms with Crippen molar-refractivity contribution in [3.05, 3.63) is 72.1 Å². The largest absolute Gasteiger partial charge is 0.355 e. The molecular formula is C26H26N8O2. The second-order valence-electron chi connectivity index (χ2n) is 9.26. The number of carbonyl (C=O) groups excluding carboxylic acids is 2. The van der Waals surface area contributed by atoms with Crippen molar-refractivity contribution in [3.63, 3.8) is 0 Å². The highest BCUT2D eigenvalue weighted by Crippen LogP contribution is 2.45. The summed E-state index contributed by atoms with van der Waals surface area (Å²) in [5.41, 5.74) is 3.56. The summed E-state index contributed by atoms with van der Waals surface area (Å²) in [4.78, 5) is 45.8. The molecule has 1 fully saturated rings. The molecule has 0 aliphatic carbocycles. The van der Waals surface area contributed by atoms with Gasteiger partial charge in [0.1, 0.15) is 6.33 Å². The molecule has 2 aliphatic rings. The van der Waals surface area contributed by atoms with Crippen LogP contribution >= 0.6 is 0 Å². The standard InChI is InChI=1S/C26H26N8O2/c1-33-21-20(32-23(33)24(35)28-13-9-17-6-4-5-12-27-17)22(30-16-29-21)34-14-10-26(11-15-34)18-7-2-3-8-19(18)31-25(26)36/h2-8,12,16H,9-11,13-15H2,1H3,(H,28,35)(H,31,36). The molecule has 1 saturated heterocycles. The number of hydrogen-bond donors (Lipinski definition) is 2. The van der Waals surface area contributed by atoms with Gasteiger partial charge in [0.15, 0.2) is 17.0 Å². The summed E-state index contributed by atoms with van der Waals surface area (Å²) >= 11 is 0. The van der Waals surface area contributed by atoms with Crippen LogP contribution in [-0.2, 0) is 23.7 Å². The fourth-order valence-corrected chi connectivity index (χ4v) is 5.32. The molecule has 0 bridgehead atoms. The van der Waals surface area contributed by atoms with Crippen LogP contribution in [0, 0.1) is 0 Å². The molecule has 10 heteroatoms. The van der Waals surface area contributed by atoms with E-state index in [0.717, 1.165) is 16.9 Å². The number of imidazole rings is 1. The number of pyridine rings is 1. The highest BCUT2D eigenvalue weighted by Gasteiger charge is 2.48. The molecule has 1 aromatic carbocycles. The van der Waals surface area contributed by atoms with E-state index in [9.17, 15) is 9.59 Å². The molecule has 4 aromatic rings. The lowest BCUT2D eigenvalue weighted by Crippen LogP contribution is -2.46. The van der Waals surface area contributed by atoms with Gasteiger partial charge in [0.05, 0.1) is 5.41 Å². The van der Waals surface area contributed by atoms with Gasteiger partial charge in [-0.1, -0.05) is 24.3 Å². The van der Waals surface area contributed by atoms with E-state index in [4.69, 9.17) is 0 Å². The third kappa shape index (κ3) is 3.57. The number of carbonyl (C=O) groups is 2. The van der Waals surface area contributed by atoms with Gasteiger partial charge < -0.3 is 20.1 Å². The second kappa shape index (κ2) is 8.71. The summed E-state index contributed by atoms with van der Waals surface area (Å²) in [5, 5.41) is 5.97. The van der Waals surface area contributed by atoms with Crippen molar-refractivity contribution in [2.75, 3.05) is 29.9 Å². The SMILES string of the molecule is Cn1c(C(=O)NCCc2ccccn2)nc2c(N3CCC4(CC3)C(=O)Nc3ccccc34)ncnc21. The average Bonchev–Trinajstić information content (AvgIpc) is 3.39.